The fourth-order valence-electron chi connectivity index (χ4n) is 5.08. The lowest BCUT2D eigenvalue weighted by atomic mass is 9.98. The van der Waals surface area contributed by atoms with Gasteiger partial charge in [-0.25, -0.2) is 13.1 Å². The number of nitrogens with zero attached hydrogens (tertiary/aromatic N) is 4. The standard InChI is InChI=1S/C30H41N5O5S/c1-23(2)29-32-30(40-33-29)35-16-12-24(13-17-35)22-39-27-8-4-25(5-9-27)26-6-10-28(11-7-26)41(36,37)31-14-3-15-34-18-20-38-21-19-34/h4-11,23-24,31H,3,12-22H2,1-2H3. The molecule has 0 spiro atoms. The highest BCUT2D eigenvalue weighted by Crippen LogP contribution is 2.27. The van der Waals surface area contributed by atoms with Crippen LogP contribution in [-0.4, -0.2) is 82.5 Å². The summed E-state index contributed by atoms with van der Waals surface area (Å²) in [5.41, 5.74) is 1.96. The van der Waals surface area contributed by atoms with Crippen molar-refractivity contribution in [3.63, 3.8) is 0 Å². The van der Waals surface area contributed by atoms with Gasteiger partial charge in [-0.1, -0.05) is 43.3 Å². The van der Waals surface area contributed by atoms with Gasteiger partial charge in [0.15, 0.2) is 5.82 Å². The summed E-state index contributed by atoms with van der Waals surface area (Å²) in [6.07, 6.45) is 2.79. The summed E-state index contributed by atoms with van der Waals surface area (Å²) in [5, 5.41) is 4.07. The molecule has 41 heavy (non-hydrogen) atoms. The highest BCUT2D eigenvalue weighted by atomic mass is 32.2. The van der Waals surface area contributed by atoms with E-state index in [1.807, 2.05) is 36.4 Å². The van der Waals surface area contributed by atoms with Gasteiger partial charge in [0.1, 0.15) is 5.75 Å². The molecule has 2 aromatic carbocycles. The van der Waals surface area contributed by atoms with Gasteiger partial charge in [0.2, 0.25) is 10.0 Å². The summed E-state index contributed by atoms with van der Waals surface area (Å²) in [7, 11) is -3.54. The van der Waals surface area contributed by atoms with Crippen LogP contribution in [0.3, 0.4) is 0 Å². The minimum absolute atomic E-state index is 0.253. The van der Waals surface area contributed by atoms with E-state index >= 15 is 0 Å². The molecular weight excluding hydrogens is 542 g/mol. The third kappa shape index (κ3) is 8.06. The molecule has 3 heterocycles. The molecule has 222 valence electrons. The molecule has 2 fully saturated rings. The number of sulfonamides is 1. The van der Waals surface area contributed by atoms with Crippen molar-refractivity contribution in [3.8, 4) is 16.9 Å². The zero-order chi connectivity index (χ0) is 28.7. The Morgan fingerprint density at radius 1 is 0.976 bits per heavy atom. The highest BCUT2D eigenvalue weighted by Gasteiger charge is 2.24. The van der Waals surface area contributed by atoms with E-state index in [-0.39, 0.29) is 10.8 Å². The van der Waals surface area contributed by atoms with Crippen molar-refractivity contribution in [2.75, 3.05) is 64.0 Å². The van der Waals surface area contributed by atoms with Crippen LogP contribution in [-0.2, 0) is 14.8 Å². The molecule has 0 radical (unpaired) electrons. The van der Waals surface area contributed by atoms with Crippen molar-refractivity contribution in [3.05, 3.63) is 54.4 Å². The molecule has 1 aromatic heterocycles. The first-order valence-electron chi connectivity index (χ1n) is 14.6. The number of hydrogen-bond acceptors (Lipinski definition) is 9. The Bertz CT molecular complexity index is 1330. The fourth-order valence-corrected chi connectivity index (χ4v) is 6.16. The molecule has 0 aliphatic carbocycles. The maximum Gasteiger partial charge on any atom is 0.324 e. The Kier molecular flexibility index (Phi) is 9.92. The minimum atomic E-state index is -3.54. The summed E-state index contributed by atoms with van der Waals surface area (Å²) in [6.45, 7) is 11.1. The molecule has 0 saturated carbocycles. The Hall–Kier alpha value is -2.99. The number of piperidine rings is 1. The van der Waals surface area contributed by atoms with Gasteiger partial charge in [-0.15, -0.1) is 0 Å². The molecular formula is C30H41N5O5S. The summed E-state index contributed by atoms with van der Waals surface area (Å²) >= 11 is 0. The molecule has 2 aliphatic rings. The van der Waals surface area contributed by atoms with Crippen LogP contribution >= 0.6 is 0 Å². The van der Waals surface area contributed by atoms with E-state index in [1.165, 1.54) is 0 Å². The van der Waals surface area contributed by atoms with Crippen LogP contribution in [0.5, 0.6) is 5.75 Å². The second-order valence-corrected chi connectivity index (χ2v) is 12.9. The third-order valence-corrected chi connectivity index (χ3v) is 9.19. The molecule has 2 aliphatic heterocycles. The summed E-state index contributed by atoms with van der Waals surface area (Å²) in [4.78, 5) is 9.24. The number of nitrogens with one attached hydrogen (secondary N) is 1. The number of anilines is 1. The van der Waals surface area contributed by atoms with Gasteiger partial charge in [-0.3, -0.25) is 4.90 Å². The quantitative estimate of drug-likeness (QED) is 0.314. The second kappa shape index (κ2) is 13.8. The first-order valence-corrected chi connectivity index (χ1v) is 16.1. The smallest absolute Gasteiger partial charge is 0.324 e. The number of ether oxygens (including phenoxy) is 2. The van der Waals surface area contributed by atoms with E-state index in [9.17, 15) is 8.42 Å². The summed E-state index contributed by atoms with van der Waals surface area (Å²) in [5.74, 6) is 2.30. The number of benzene rings is 2. The average Bonchev–Trinajstić information content (AvgIpc) is 3.51. The molecule has 10 nitrogen and oxygen atoms in total. The van der Waals surface area contributed by atoms with Crippen LogP contribution in [0.15, 0.2) is 57.9 Å². The van der Waals surface area contributed by atoms with Gasteiger partial charge in [0.25, 0.3) is 0 Å². The van der Waals surface area contributed by atoms with Crippen LogP contribution in [0, 0.1) is 5.92 Å². The first-order chi connectivity index (χ1) is 19.9. The number of hydrogen-bond donors (Lipinski definition) is 1. The molecule has 0 unspecified atom stereocenters. The SMILES string of the molecule is CC(C)c1noc(N2CCC(COc3ccc(-c4ccc(S(=O)(=O)NCCCN5CCOCC5)cc4)cc3)CC2)n1. The van der Waals surface area contributed by atoms with Crippen LogP contribution in [0.2, 0.25) is 0 Å². The van der Waals surface area contributed by atoms with Gasteiger partial charge in [0, 0.05) is 38.6 Å². The van der Waals surface area contributed by atoms with Crippen LogP contribution < -0.4 is 14.4 Å². The van der Waals surface area contributed by atoms with Crippen molar-refractivity contribution < 1.29 is 22.4 Å². The van der Waals surface area contributed by atoms with Crippen LogP contribution in [0.1, 0.15) is 44.9 Å². The average molecular weight is 584 g/mol. The zero-order valence-corrected chi connectivity index (χ0v) is 24.8. The fraction of sp³-hybridized carbons (Fsp3) is 0.533. The van der Waals surface area contributed by atoms with Crippen LogP contribution in [0.25, 0.3) is 11.1 Å². The maximum atomic E-state index is 12.7. The predicted octanol–water partition coefficient (Wildman–Crippen LogP) is 4.16. The Labute approximate surface area is 243 Å². The second-order valence-electron chi connectivity index (χ2n) is 11.1. The molecule has 2 saturated heterocycles. The first kappa shape index (κ1) is 29.5. The Morgan fingerprint density at radius 3 is 2.27 bits per heavy atom. The highest BCUT2D eigenvalue weighted by molar-refractivity contribution is 7.89. The van der Waals surface area contributed by atoms with Gasteiger partial charge in [-0.2, -0.15) is 4.98 Å². The third-order valence-electron chi connectivity index (χ3n) is 7.72. The molecule has 0 bridgehead atoms. The van der Waals surface area contributed by atoms with Crippen molar-refractivity contribution in [1.82, 2.24) is 19.8 Å². The molecule has 1 N–H and O–H groups in total. The van der Waals surface area contributed by atoms with Crippen LogP contribution in [0.4, 0.5) is 6.01 Å². The van der Waals surface area contributed by atoms with E-state index in [0.717, 1.165) is 87.9 Å². The molecule has 11 heteroatoms. The lowest BCUT2D eigenvalue weighted by Gasteiger charge is -2.30. The van der Waals surface area contributed by atoms with Gasteiger partial charge >= 0.3 is 6.01 Å². The summed E-state index contributed by atoms with van der Waals surface area (Å²) in [6, 6.07) is 15.6. The summed E-state index contributed by atoms with van der Waals surface area (Å²) < 4.78 is 45.0. The topological polar surface area (TPSA) is 110 Å². The van der Waals surface area contributed by atoms with Gasteiger partial charge in [0.05, 0.1) is 24.7 Å². The zero-order valence-electron chi connectivity index (χ0n) is 24.0. The molecule has 5 rings (SSSR count). The minimum Gasteiger partial charge on any atom is -0.493 e. The predicted molar refractivity (Wildman–Crippen MR) is 158 cm³/mol. The van der Waals surface area contributed by atoms with Crippen molar-refractivity contribution in [2.45, 2.75) is 43.9 Å². The molecule has 0 atom stereocenters. The van der Waals surface area contributed by atoms with Gasteiger partial charge < -0.3 is 18.9 Å². The normalized spacial score (nSPS) is 17.3. The molecule has 3 aromatic rings. The lowest BCUT2D eigenvalue weighted by Crippen LogP contribution is -2.38. The van der Waals surface area contributed by atoms with Crippen molar-refractivity contribution in [1.29, 1.82) is 0 Å². The number of aromatic nitrogens is 2. The Morgan fingerprint density at radius 2 is 1.63 bits per heavy atom. The lowest BCUT2D eigenvalue weighted by molar-refractivity contribution is 0.0376. The van der Waals surface area contributed by atoms with E-state index in [0.29, 0.717) is 25.1 Å². The van der Waals surface area contributed by atoms with E-state index in [1.54, 1.807) is 12.1 Å². The van der Waals surface area contributed by atoms with E-state index in [4.69, 9.17) is 14.0 Å². The van der Waals surface area contributed by atoms with E-state index in [2.05, 4.69) is 38.5 Å². The largest absolute Gasteiger partial charge is 0.493 e. The number of morpholine rings is 1. The maximum absolute atomic E-state index is 12.7. The van der Waals surface area contributed by atoms with Gasteiger partial charge in [-0.05, 0) is 67.1 Å². The van der Waals surface area contributed by atoms with E-state index < -0.39 is 10.0 Å². The van der Waals surface area contributed by atoms with Crippen molar-refractivity contribution >= 4 is 16.0 Å². The van der Waals surface area contributed by atoms with Crippen molar-refractivity contribution in [2.24, 2.45) is 5.92 Å². The monoisotopic (exact) mass is 583 g/mol. The number of rotatable bonds is 12. The Balaban J connectivity index is 1.05. The molecule has 0 amide bonds.